The number of hydrogen-bond acceptors (Lipinski definition) is 4. The van der Waals surface area contributed by atoms with E-state index < -0.39 is 17.7 Å². The predicted molar refractivity (Wildman–Crippen MR) is 124 cm³/mol. The second-order valence-electron chi connectivity index (χ2n) is 8.15. The fourth-order valence-electron chi connectivity index (χ4n) is 4.08. The second-order valence-corrected chi connectivity index (χ2v) is 8.15. The third kappa shape index (κ3) is 4.88. The van der Waals surface area contributed by atoms with E-state index in [1.54, 1.807) is 17.0 Å². The zero-order chi connectivity index (χ0) is 22.5. The predicted octanol–water partition coefficient (Wildman–Crippen LogP) is 4.46. The lowest BCUT2D eigenvalue weighted by molar-refractivity contribution is -0.140. The average molecular weight is 421 g/mol. The highest BCUT2D eigenvalue weighted by Crippen LogP contribution is 2.39. The van der Waals surface area contributed by atoms with Crippen LogP contribution in [0.5, 0.6) is 0 Å². The van der Waals surface area contributed by atoms with Gasteiger partial charge in [-0.3, -0.25) is 9.59 Å². The summed E-state index contributed by atoms with van der Waals surface area (Å²) < 4.78 is 0. The van der Waals surface area contributed by atoms with Gasteiger partial charge >= 0.3 is 0 Å². The van der Waals surface area contributed by atoms with Gasteiger partial charge < -0.3 is 14.9 Å². The van der Waals surface area contributed by atoms with Gasteiger partial charge in [0.1, 0.15) is 5.76 Å². The number of hydrogen-bond donors (Lipinski definition) is 1. The van der Waals surface area contributed by atoms with Gasteiger partial charge in [-0.1, -0.05) is 73.5 Å². The number of rotatable bonds is 8. The van der Waals surface area contributed by atoms with E-state index in [1.807, 2.05) is 50.2 Å². The van der Waals surface area contributed by atoms with Crippen molar-refractivity contribution in [2.75, 3.05) is 26.2 Å². The van der Waals surface area contributed by atoms with Gasteiger partial charge in [0, 0.05) is 12.1 Å². The molecule has 2 aromatic rings. The summed E-state index contributed by atoms with van der Waals surface area (Å²) in [5.41, 5.74) is 3.70. The zero-order valence-electron chi connectivity index (χ0n) is 18.9. The maximum absolute atomic E-state index is 13.0. The molecule has 0 bridgehead atoms. The van der Waals surface area contributed by atoms with E-state index in [4.69, 9.17) is 0 Å². The number of Topliss-reactive ketones (excluding diaryl/α,β-unsaturated/α-hetero) is 1. The first-order valence-corrected chi connectivity index (χ1v) is 11.0. The molecular formula is C26H32N2O3. The van der Waals surface area contributed by atoms with Crippen LogP contribution in [0.15, 0.2) is 54.1 Å². The van der Waals surface area contributed by atoms with Crippen LogP contribution in [0.2, 0.25) is 0 Å². The highest BCUT2D eigenvalue weighted by atomic mass is 16.3. The molecule has 1 amide bonds. The van der Waals surface area contributed by atoms with E-state index in [0.29, 0.717) is 12.1 Å². The van der Waals surface area contributed by atoms with Crippen LogP contribution in [0.25, 0.3) is 5.76 Å². The maximum Gasteiger partial charge on any atom is 0.295 e. The van der Waals surface area contributed by atoms with Crippen LogP contribution >= 0.6 is 0 Å². The first kappa shape index (κ1) is 22.8. The minimum absolute atomic E-state index is 0.116. The number of aliphatic hydroxyl groups is 1. The Balaban J connectivity index is 2.01. The Hall–Kier alpha value is -2.92. The van der Waals surface area contributed by atoms with Crippen molar-refractivity contribution in [2.45, 2.75) is 40.2 Å². The van der Waals surface area contributed by atoms with Crippen LogP contribution in [0.3, 0.4) is 0 Å². The van der Waals surface area contributed by atoms with Crippen molar-refractivity contribution in [1.82, 2.24) is 9.80 Å². The Bertz CT molecular complexity index is 957. The molecule has 1 atom stereocenters. The normalized spacial score (nSPS) is 18.2. The third-order valence-corrected chi connectivity index (χ3v) is 6.03. The number of likely N-dealkylation sites (tertiary alicyclic amines) is 1. The van der Waals surface area contributed by atoms with Gasteiger partial charge in [-0.2, -0.15) is 0 Å². The first-order valence-electron chi connectivity index (χ1n) is 11.0. The van der Waals surface area contributed by atoms with Crippen molar-refractivity contribution in [3.8, 4) is 0 Å². The Labute approximate surface area is 185 Å². The number of amides is 1. The highest BCUT2D eigenvalue weighted by molar-refractivity contribution is 6.46. The molecule has 3 rings (SSSR count). The summed E-state index contributed by atoms with van der Waals surface area (Å²) in [4.78, 5) is 29.9. The Morgan fingerprint density at radius 2 is 1.48 bits per heavy atom. The molecule has 0 aromatic heterocycles. The van der Waals surface area contributed by atoms with Crippen LogP contribution in [-0.4, -0.2) is 52.8 Å². The van der Waals surface area contributed by atoms with Gasteiger partial charge in [0.15, 0.2) is 0 Å². The maximum atomic E-state index is 13.0. The van der Waals surface area contributed by atoms with Crippen molar-refractivity contribution in [3.05, 3.63) is 76.4 Å². The number of ketones is 1. The Morgan fingerprint density at radius 1 is 0.935 bits per heavy atom. The highest BCUT2D eigenvalue weighted by Gasteiger charge is 2.45. The van der Waals surface area contributed by atoms with Crippen LogP contribution in [0.4, 0.5) is 0 Å². The molecule has 0 spiro atoms. The molecule has 1 fully saturated rings. The summed E-state index contributed by atoms with van der Waals surface area (Å²) in [7, 11) is 0. The van der Waals surface area contributed by atoms with Crippen LogP contribution in [-0.2, 0) is 9.59 Å². The van der Waals surface area contributed by atoms with E-state index in [1.165, 1.54) is 0 Å². The van der Waals surface area contributed by atoms with Crippen molar-refractivity contribution < 1.29 is 14.7 Å². The van der Waals surface area contributed by atoms with Gasteiger partial charge in [0.25, 0.3) is 11.7 Å². The average Bonchev–Trinajstić information content (AvgIpc) is 3.02. The van der Waals surface area contributed by atoms with E-state index in [-0.39, 0.29) is 11.3 Å². The van der Waals surface area contributed by atoms with Crippen LogP contribution in [0, 0.1) is 13.8 Å². The summed E-state index contributed by atoms with van der Waals surface area (Å²) in [5, 5.41) is 11.1. The van der Waals surface area contributed by atoms with Gasteiger partial charge in [-0.15, -0.1) is 0 Å². The molecule has 1 N–H and O–H groups in total. The fraction of sp³-hybridized carbons (Fsp3) is 0.385. The van der Waals surface area contributed by atoms with Crippen molar-refractivity contribution >= 4 is 17.4 Å². The van der Waals surface area contributed by atoms with Crippen LogP contribution < -0.4 is 0 Å². The molecule has 2 aromatic carbocycles. The minimum atomic E-state index is -0.619. The molecule has 1 heterocycles. The van der Waals surface area contributed by atoms with Gasteiger partial charge in [0.2, 0.25) is 0 Å². The fourth-order valence-corrected chi connectivity index (χ4v) is 4.08. The topological polar surface area (TPSA) is 60.9 Å². The van der Waals surface area contributed by atoms with Gasteiger partial charge in [0.05, 0.1) is 11.6 Å². The second kappa shape index (κ2) is 9.92. The molecule has 0 saturated carbocycles. The molecule has 1 aliphatic rings. The number of carbonyl (C=O) groups is 2. The molecule has 1 unspecified atom stereocenters. The molecule has 31 heavy (non-hydrogen) atoms. The van der Waals surface area contributed by atoms with Crippen molar-refractivity contribution in [2.24, 2.45) is 0 Å². The number of aryl methyl sites for hydroxylation is 2. The number of nitrogens with zero attached hydrogens (tertiary/aromatic N) is 2. The summed E-state index contributed by atoms with van der Waals surface area (Å²) in [5.74, 6) is -1.28. The van der Waals surface area contributed by atoms with Gasteiger partial charge in [-0.25, -0.2) is 0 Å². The molecule has 0 aliphatic carbocycles. The zero-order valence-corrected chi connectivity index (χ0v) is 18.9. The molecule has 1 saturated heterocycles. The largest absolute Gasteiger partial charge is 0.507 e. The summed E-state index contributed by atoms with van der Waals surface area (Å²) in [6.07, 6.45) is 0.766. The summed E-state index contributed by atoms with van der Waals surface area (Å²) >= 11 is 0. The lowest BCUT2D eigenvalue weighted by atomic mass is 9.94. The van der Waals surface area contributed by atoms with E-state index in [0.717, 1.165) is 42.7 Å². The van der Waals surface area contributed by atoms with Crippen molar-refractivity contribution in [1.29, 1.82) is 0 Å². The number of benzene rings is 2. The summed E-state index contributed by atoms with van der Waals surface area (Å²) in [6, 6.07) is 14.6. The molecule has 5 heteroatoms. The molecular weight excluding hydrogens is 388 g/mol. The van der Waals surface area contributed by atoms with E-state index in [2.05, 4.69) is 18.7 Å². The third-order valence-electron chi connectivity index (χ3n) is 6.03. The summed E-state index contributed by atoms with van der Waals surface area (Å²) in [6.45, 7) is 11.4. The molecule has 5 nitrogen and oxygen atoms in total. The standard InChI is InChI=1S/C26H32N2O3/c1-5-27(6-2)16-7-17-28-23(20-12-8-18(3)9-13-20)22(25(30)26(28)31)24(29)21-14-10-19(4)11-15-21/h8-15,23,29H,5-7,16-17H2,1-4H3. The number of aliphatic hydroxyl groups excluding tert-OH is 1. The SMILES string of the molecule is CCN(CC)CCCN1C(=O)C(=O)C(=C(O)c2ccc(C)cc2)C1c1ccc(C)cc1. The monoisotopic (exact) mass is 420 g/mol. The van der Waals surface area contributed by atoms with Crippen LogP contribution in [0.1, 0.15) is 48.6 Å². The molecule has 164 valence electrons. The van der Waals surface area contributed by atoms with E-state index >= 15 is 0 Å². The molecule has 0 radical (unpaired) electrons. The van der Waals surface area contributed by atoms with E-state index in [9.17, 15) is 14.7 Å². The lowest BCUT2D eigenvalue weighted by Gasteiger charge is -2.27. The van der Waals surface area contributed by atoms with Gasteiger partial charge in [-0.05, 0) is 45.5 Å². The van der Waals surface area contributed by atoms with Crippen molar-refractivity contribution in [3.63, 3.8) is 0 Å². The first-order chi connectivity index (χ1) is 14.9. The Kier molecular flexibility index (Phi) is 7.29. The minimum Gasteiger partial charge on any atom is -0.507 e. The molecule has 1 aliphatic heterocycles. The quantitative estimate of drug-likeness (QED) is 0.389. The Morgan fingerprint density at radius 3 is 2.03 bits per heavy atom. The lowest BCUT2D eigenvalue weighted by Crippen LogP contribution is -2.33. The smallest absolute Gasteiger partial charge is 0.295 e. The number of carbonyl (C=O) groups excluding carboxylic acids is 2.